The summed E-state index contributed by atoms with van der Waals surface area (Å²) in [5.41, 5.74) is 2.17. The maximum absolute atomic E-state index is 12.7. The van der Waals surface area contributed by atoms with Gasteiger partial charge in [0.15, 0.2) is 0 Å². The van der Waals surface area contributed by atoms with E-state index in [9.17, 15) is 13.2 Å². The SMILES string of the molecule is CC(C)NS(=O)(=O)c1cccc(C(=O)NCc2ccccc2COc2ccccc2)c1. The molecule has 0 spiro atoms. The van der Waals surface area contributed by atoms with Gasteiger partial charge in [-0.1, -0.05) is 48.5 Å². The van der Waals surface area contributed by atoms with Crippen molar-refractivity contribution < 1.29 is 17.9 Å². The van der Waals surface area contributed by atoms with Crippen molar-refractivity contribution in [3.05, 3.63) is 95.6 Å². The summed E-state index contributed by atoms with van der Waals surface area (Å²) in [6, 6.07) is 23.0. The standard InChI is InChI=1S/C24H26N2O4S/c1-18(2)26-31(28,29)23-14-8-11-19(15-23)24(27)25-16-20-9-6-7-10-21(20)17-30-22-12-4-3-5-13-22/h3-15,18,26H,16-17H2,1-2H3,(H,25,27). The summed E-state index contributed by atoms with van der Waals surface area (Å²) in [6.45, 7) is 4.17. The fourth-order valence-electron chi connectivity index (χ4n) is 3.01. The van der Waals surface area contributed by atoms with Crippen molar-refractivity contribution in [3.63, 3.8) is 0 Å². The molecule has 0 aromatic heterocycles. The summed E-state index contributed by atoms with van der Waals surface area (Å²) in [7, 11) is -3.67. The lowest BCUT2D eigenvalue weighted by atomic mass is 10.1. The Kier molecular flexibility index (Phi) is 7.44. The second kappa shape index (κ2) is 10.2. The number of benzene rings is 3. The topological polar surface area (TPSA) is 84.5 Å². The summed E-state index contributed by atoms with van der Waals surface area (Å²) >= 11 is 0. The molecular formula is C24H26N2O4S. The first-order chi connectivity index (χ1) is 14.8. The molecule has 3 rings (SSSR count). The molecule has 6 nitrogen and oxygen atoms in total. The van der Waals surface area contributed by atoms with E-state index in [0.29, 0.717) is 13.2 Å². The molecule has 0 aliphatic rings. The molecule has 1 amide bonds. The molecule has 162 valence electrons. The fourth-order valence-corrected chi connectivity index (χ4v) is 4.31. The molecule has 0 fully saturated rings. The summed E-state index contributed by atoms with van der Waals surface area (Å²) in [4.78, 5) is 12.7. The van der Waals surface area contributed by atoms with Gasteiger partial charge in [0.2, 0.25) is 10.0 Å². The number of hydrogen-bond donors (Lipinski definition) is 2. The number of ether oxygens (including phenoxy) is 1. The number of sulfonamides is 1. The van der Waals surface area contributed by atoms with Crippen LogP contribution in [-0.4, -0.2) is 20.4 Å². The van der Waals surface area contributed by atoms with Crippen LogP contribution < -0.4 is 14.8 Å². The zero-order valence-electron chi connectivity index (χ0n) is 17.5. The second-order valence-electron chi connectivity index (χ2n) is 7.36. The first kappa shape index (κ1) is 22.5. The van der Waals surface area contributed by atoms with Crippen molar-refractivity contribution in [3.8, 4) is 5.75 Å². The van der Waals surface area contributed by atoms with Crippen LogP contribution in [0.15, 0.2) is 83.8 Å². The number of carbonyl (C=O) groups is 1. The molecule has 0 atom stereocenters. The highest BCUT2D eigenvalue weighted by atomic mass is 32.2. The lowest BCUT2D eigenvalue weighted by Crippen LogP contribution is -2.30. The van der Waals surface area contributed by atoms with E-state index in [4.69, 9.17) is 4.74 Å². The fraction of sp³-hybridized carbons (Fsp3) is 0.208. The maximum atomic E-state index is 12.7. The monoisotopic (exact) mass is 438 g/mol. The molecular weight excluding hydrogens is 412 g/mol. The Morgan fingerprint density at radius 2 is 1.58 bits per heavy atom. The highest BCUT2D eigenvalue weighted by molar-refractivity contribution is 7.89. The maximum Gasteiger partial charge on any atom is 0.251 e. The van der Waals surface area contributed by atoms with Gasteiger partial charge >= 0.3 is 0 Å². The zero-order valence-corrected chi connectivity index (χ0v) is 18.4. The number of rotatable bonds is 9. The molecule has 0 aliphatic heterocycles. The third kappa shape index (κ3) is 6.41. The van der Waals surface area contributed by atoms with Gasteiger partial charge in [0.25, 0.3) is 5.91 Å². The molecule has 7 heteroatoms. The Hall–Kier alpha value is -3.16. The van der Waals surface area contributed by atoms with Crippen LogP contribution in [-0.2, 0) is 23.2 Å². The number of hydrogen-bond acceptors (Lipinski definition) is 4. The van der Waals surface area contributed by atoms with E-state index >= 15 is 0 Å². The van der Waals surface area contributed by atoms with Crippen molar-refractivity contribution in [1.82, 2.24) is 10.0 Å². The molecule has 0 radical (unpaired) electrons. The van der Waals surface area contributed by atoms with Crippen LogP contribution in [0.3, 0.4) is 0 Å². The smallest absolute Gasteiger partial charge is 0.251 e. The summed E-state index contributed by atoms with van der Waals surface area (Å²) in [5.74, 6) is 0.426. The molecule has 3 aromatic carbocycles. The van der Waals surface area contributed by atoms with Gasteiger partial charge in [0.05, 0.1) is 4.90 Å². The normalized spacial score (nSPS) is 11.3. The Bertz CT molecular complexity index is 1130. The summed E-state index contributed by atoms with van der Waals surface area (Å²) in [5, 5.41) is 2.86. The first-order valence-corrected chi connectivity index (χ1v) is 11.5. The van der Waals surface area contributed by atoms with Crippen molar-refractivity contribution in [1.29, 1.82) is 0 Å². The van der Waals surface area contributed by atoms with Gasteiger partial charge in [0.1, 0.15) is 12.4 Å². The summed E-state index contributed by atoms with van der Waals surface area (Å²) in [6.07, 6.45) is 0. The molecule has 0 unspecified atom stereocenters. The van der Waals surface area contributed by atoms with Gasteiger partial charge in [-0.15, -0.1) is 0 Å². The Balaban J connectivity index is 1.67. The number of nitrogens with one attached hydrogen (secondary N) is 2. The Labute approximate surface area is 183 Å². The minimum absolute atomic E-state index is 0.0607. The summed E-state index contributed by atoms with van der Waals surface area (Å²) < 4.78 is 33.1. The second-order valence-corrected chi connectivity index (χ2v) is 9.07. The van der Waals surface area contributed by atoms with Crippen LogP contribution in [0.2, 0.25) is 0 Å². The average molecular weight is 439 g/mol. The minimum atomic E-state index is -3.67. The van der Waals surface area contributed by atoms with E-state index in [1.807, 2.05) is 54.6 Å². The number of carbonyl (C=O) groups excluding carboxylic acids is 1. The van der Waals surface area contributed by atoms with Crippen molar-refractivity contribution in [2.24, 2.45) is 0 Å². The Morgan fingerprint density at radius 3 is 2.29 bits per heavy atom. The first-order valence-electron chi connectivity index (χ1n) is 10.0. The molecule has 2 N–H and O–H groups in total. The van der Waals surface area contributed by atoms with Crippen LogP contribution in [0.25, 0.3) is 0 Å². The van der Waals surface area contributed by atoms with Crippen LogP contribution in [0.5, 0.6) is 5.75 Å². The van der Waals surface area contributed by atoms with Gasteiger partial charge in [-0.25, -0.2) is 13.1 Å². The molecule has 3 aromatic rings. The zero-order chi connectivity index (χ0) is 22.3. The molecule has 0 heterocycles. The van der Waals surface area contributed by atoms with Gasteiger partial charge in [-0.05, 0) is 55.3 Å². The molecule has 0 saturated carbocycles. The lowest BCUT2D eigenvalue weighted by molar-refractivity contribution is 0.0950. The van der Waals surface area contributed by atoms with E-state index in [1.54, 1.807) is 26.0 Å². The predicted molar refractivity (Wildman–Crippen MR) is 120 cm³/mol. The van der Waals surface area contributed by atoms with Crippen molar-refractivity contribution in [2.75, 3.05) is 0 Å². The van der Waals surface area contributed by atoms with Gasteiger partial charge in [-0.2, -0.15) is 0 Å². The van der Waals surface area contributed by atoms with E-state index < -0.39 is 10.0 Å². The largest absolute Gasteiger partial charge is 0.489 e. The number of para-hydroxylation sites is 1. The highest BCUT2D eigenvalue weighted by Crippen LogP contribution is 2.16. The van der Waals surface area contributed by atoms with E-state index in [-0.39, 0.29) is 22.4 Å². The van der Waals surface area contributed by atoms with Crippen LogP contribution >= 0.6 is 0 Å². The van der Waals surface area contributed by atoms with Crippen molar-refractivity contribution in [2.45, 2.75) is 37.9 Å². The predicted octanol–water partition coefficient (Wildman–Crippen LogP) is 3.88. The van der Waals surface area contributed by atoms with Crippen molar-refractivity contribution >= 4 is 15.9 Å². The number of amides is 1. The van der Waals surface area contributed by atoms with E-state index in [0.717, 1.165) is 16.9 Å². The van der Waals surface area contributed by atoms with Crippen LogP contribution in [0, 0.1) is 0 Å². The third-order valence-corrected chi connectivity index (χ3v) is 6.15. The Morgan fingerprint density at radius 1 is 0.903 bits per heavy atom. The molecule has 31 heavy (non-hydrogen) atoms. The average Bonchev–Trinajstić information content (AvgIpc) is 2.76. The van der Waals surface area contributed by atoms with Gasteiger partial charge < -0.3 is 10.1 Å². The van der Waals surface area contributed by atoms with Crippen LogP contribution in [0.4, 0.5) is 0 Å². The van der Waals surface area contributed by atoms with E-state index in [2.05, 4.69) is 10.0 Å². The van der Waals surface area contributed by atoms with Gasteiger partial charge in [-0.3, -0.25) is 4.79 Å². The van der Waals surface area contributed by atoms with Gasteiger partial charge in [0, 0.05) is 18.2 Å². The quantitative estimate of drug-likeness (QED) is 0.531. The molecule has 0 bridgehead atoms. The van der Waals surface area contributed by atoms with E-state index in [1.165, 1.54) is 12.1 Å². The lowest BCUT2D eigenvalue weighted by Gasteiger charge is -2.13. The molecule has 0 saturated heterocycles. The molecule has 0 aliphatic carbocycles. The highest BCUT2D eigenvalue weighted by Gasteiger charge is 2.17. The minimum Gasteiger partial charge on any atom is -0.489 e. The third-order valence-electron chi connectivity index (χ3n) is 4.49. The van der Waals surface area contributed by atoms with Crippen LogP contribution in [0.1, 0.15) is 35.3 Å².